The molecule has 1 saturated carbocycles. The summed E-state index contributed by atoms with van der Waals surface area (Å²) in [5, 5.41) is 12.7. The van der Waals surface area contributed by atoms with Gasteiger partial charge in [-0.05, 0) is 24.1 Å². The number of carbonyl (C=O) groups excluding carboxylic acids is 1. The van der Waals surface area contributed by atoms with E-state index in [4.69, 9.17) is 0 Å². The van der Waals surface area contributed by atoms with Crippen LogP contribution >= 0.6 is 0 Å². The second-order valence-corrected chi connectivity index (χ2v) is 5.78. The molecule has 3 atom stereocenters. The average Bonchev–Trinajstić information content (AvgIpc) is 3.26. The number of benzene rings is 2. The number of halogens is 2. The van der Waals surface area contributed by atoms with Gasteiger partial charge in [0, 0.05) is 17.5 Å². The molecule has 3 unspecified atom stereocenters. The van der Waals surface area contributed by atoms with Gasteiger partial charge in [0.05, 0.1) is 12.5 Å². The smallest absolute Gasteiger partial charge is 0.223 e. The van der Waals surface area contributed by atoms with Crippen LogP contribution in [0.3, 0.4) is 0 Å². The Hall–Kier alpha value is -2.27. The Morgan fingerprint density at radius 2 is 1.78 bits per heavy atom. The first-order valence-electron chi connectivity index (χ1n) is 7.52. The molecule has 120 valence electrons. The Kier molecular flexibility index (Phi) is 4.39. The third-order valence-corrected chi connectivity index (χ3v) is 4.07. The number of hydrogen-bond donors (Lipinski definition) is 2. The number of aliphatic hydroxyl groups is 1. The van der Waals surface area contributed by atoms with Crippen molar-refractivity contribution in [3.05, 3.63) is 71.3 Å². The number of aliphatic hydroxyl groups excluding tert-OH is 1. The van der Waals surface area contributed by atoms with E-state index in [9.17, 15) is 18.7 Å². The summed E-state index contributed by atoms with van der Waals surface area (Å²) in [4.78, 5) is 12.0. The molecule has 0 saturated heterocycles. The van der Waals surface area contributed by atoms with E-state index < -0.39 is 17.7 Å². The zero-order valence-electron chi connectivity index (χ0n) is 12.4. The maximum Gasteiger partial charge on any atom is 0.223 e. The zero-order chi connectivity index (χ0) is 16.4. The molecule has 3 nitrogen and oxygen atoms in total. The minimum absolute atomic E-state index is 0.0291. The highest BCUT2D eigenvalue weighted by Crippen LogP contribution is 2.43. The quantitative estimate of drug-likeness (QED) is 0.890. The number of hydrogen-bond acceptors (Lipinski definition) is 2. The molecule has 0 spiro atoms. The van der Waals surface area contributed by atoms with E-state index in [2.05, 4.69) is 5.32 Å². The molecule has 0 aromatic heterocycles. The van der Waals surface area contributed by atoms with E-state index in [-0.39, 0.29) is 29.9 Å². The molecule has 0 heterocycles. The van der Waals surface area contributed by atoms with Crippen LogP contribution in [-0.2, 0) is 4.79 Å². The molecule has 0 bridgehead atoms. The summed E-state index contributed by atoms with van der Waals surface area (Å²) < 4.78 is 27.4. The lowest BCUT2D eigenvalue weighted by Crippen LogP contribution is -2.28. The Morgan fingerprint density at radius 1 is 1.13 bits per heavy atom. The van der Waals surface area contributed by atoms with Gasteiger partial charge in [0.2, 0.25) is 5.91 Å². The Balaban J connectivity index is 1.56. The van der Waals surface area contributed by atoms with Crippen LogP contribution in [0.1, 0.15) is 36.0 Å². The molecule has 1 aliphatic carbocycles. The molecule has 0 aliphatic heterocycles. The third-order valence-electron chi connectivity index (χ3n) is 4.07. The molecular weight excluding hydrogens is 300 g/mol. The monoisotopic (exact) mass is 317 g/mol. The SMILES string of the molecule is O=C(CC(O)c1ccccc1)NC1CC1c1c(F)cccc1F. The van der Waals surface area contributed by atoms with Crippen LogP contribution in [-0.4, -0.2) is 17.1 Å². The Morgan fingerprint density at radius 3 is 2.43 bits per heavy atom. The van der Waals surface area contributed by atoms with Crippen molar-refractivity contribution in [1.29, 1.82) is 0 Å². The van der Waals surface area contributed by atoms with Crippen molar-refractivity contribution in [3.63, 3.8) is 0 Å². The normalized spacial score (nSPS) is 20.8. The fourth-order valence-electron chi connectivity index (χ4n) is 2.77. The van der Waals surface area contributed by atoms with Gasteiger partial charge < -0.3 is 10.4 Å². The fraction of sp³-hybridized carbons (Fsp3) is 0.278. The van der Waals surface area contributed by atoms with Gasteiger partial charge >= 0.3 is 0 Å². The van der Waals surface area contributed by atoms with Crippen LogP contribution in [0.2, 0.25) is 0 Å². The molecule has 5 heteroatoms. The molecule has 2 N–H and O–H groups in total. The summed E-state index contributed by atoms with van der Waals surface area (Å²) in [5.74, 6) is -1.84. The molecule has 2 aromatic rings. The molecule has 2 aromatic carbocycles. The topological polar surface area (TPSA) is 49.3 Å². The predicted molar refractivity (Wildman–Crippen MR) is 81.7 cm³/mol. The lowest BCUT2D eigenvalue weighted by Gasteiger charge is -2.11. The molecule has 3 rings (SSSR count). The number of carbonyl (C=O) groups is 1. The standard InChI is InChI=1S/C18H17F2NO2/c19-13-7-4-8-14(20)18(13)12-9-15(12)21-17(23)10-16(22)11-5-2-1-3-6-11/h1-8,12,15-16,22H,9-10H2,(H,21,23). The van der Waals surface area contributed by atoms with Gasteiger partial charge in [0.15, 0.2) is 0 Å². The van der Waals surface area contributed by atoms with Gasteiger partial charge in [0.1, 0.15) is 11.6 Å². The van der Waals surface area contributed by atoms with Crippen molar-refractivity contribution in [2.45, 2.75) is 30.9 Å². The van der Waals surface area contributed by atoms with Crippen LogP contribution < -0.4 is 5.32 Å². The summed E-state index contributed by atoms with van der Waals surface area (Å²) in [5.41, 5.74) is 0.691. The van der Waals surface area contributed by atoms with E-state index in [0.717, 1.165) is 0 Å². The van der Waals surface area contributed by atoms with E-state index in [1.165, 1.54) is 18.2 Å². The van der Waals surface area contributed by atoms with Crippen molar-refractivity contribution < 1.29 is 18.7 Å². The van der Waals surface area contributed by atoms with Crippen LogP contribution in [0, 0.1) is 11.6 Å². The van der Waals surface area contributed by atoms with E-state index in [1.807, 2.05) is 6.07 Å². The molecule has 23 heavy (non-hydrogen) atoms. The maximum absolute atomic E-state index is 13.7. The second-order valence-electron chi connectivity index (χ2n) is 5.78. The highest BCUT2D eigenvalue weighted by Gasteiger charge is 2.42. The van der Waals surface area contributed by atoms with Crippen LogP contribution in [0.15, 0.2) is 48.5 Å². The van der Waals surface area contributed by atoms with E-state index in [0.29, 0.717) is 12.0 Å². The van der Waals surface area contributed by atoms with E-state index >= 15 is 0 Å². The van der Waals surface area contributed by atoms with Crippen molar-refractivity contribution >= 4 is 5.91 Å². The molecule has 1 aliphatic rings. The van der Waals surface area contributed by atoms with Gasteiger partial charge in [-0.15, -0.1) is 0 Å². The van der Waals surface area contributed by atoms with Gasteiger partial charge in [0.25, 0.3) is 0 Å². The van der Waals surface area contributed by atoms with Gasteiger partial charge in [-0.1, -0.05) is 36.4 Å². The first kappa shape index (κ1) is 15.6. The van der Waals surface area contributed by atoms with Crippen molar-refractivity contribution in [2.75, 3.05) is 0 Å². The first-order chi connectivity index (χ1) is 11.1. The van der Waals surface area contributed by atoms with Crippen molar-refractivity contribution in [3.8, 4) is 0 Å². The minimum Gasteiger partial charge on any atom is -0.388 e. The molecule has 1 amide bonds. The molecular formula is C18H17F2NO2. The Labute approximate surface area is 133 Å². The fourth-order valence-corrected chi connectivity index (χ4v) is 2.77. The van der Waals surface area contributed by atoms with Gasteiger partial charge in [-0.3, -0.25) is 4.79 Å². The van der Waals surface area contributed by atoms with Crippen LogP contribution in [0.5, 0.6) is 0 Å². The Bertz CT molecular complexity index is 685. The molecule has 1 fully saturated rings. The zero-order valence-corrected chi connectivity index (χ0v) is 12.4. The van der Waals surface area contributed by atoms with Crippen molar-refractivity contribution in [1.82, 2.24) is 5.32 Å². The van der Waals surface area contributed by atoms with Crippen LogP contribution in [0.25, 0.3) is 0 Å². The van der Waals surface area contributed by atoms with Gasteiger partial charge in [-0.2, -0.15) is 0 Å². The lowest BCUT2D eigenvalue weighted by atomic mass is 10.1. The molecule has 0 radical (unpaired) electrons. The summed E-state index contributed by atoms with van der Waals surface area (Å²) in [6.07, 6.45) is -0.462. The summed E-state index contributed by atoms with van der Waals surface area (Å²) in [6.45, 7) is 0. The van der Waals surface area contributed by atoms with E-state index in [1.54, 1.807) is 24.3 Å². The maximum atomic E-state index is 13.7. The minimum atomic E-state index is -0.890. The summed E-state index contributed by atoms with van der Waals surface area (Å²) in [7, 11) is 0. The number of amides is 1. The highest BCUT2D eigenvalue weighted by atomic mass is 19.1. The summed E-state index contributed by atoms with van der Waals surface area (Å²) >= 11 is 0. The van der Waals surface area contributed by atoms with Gasteiger partial charge in [-0.25, -0.2) is 8.78 Å². The van der Waals surface area contributed by atoms with Crippen molar-refractivity contribution in [2.24, 2.45) is 0 Å². The lowest BCUT2D eigenvalue weighted by molar-refractivity contribution is -0.123. The van der Waals surface area contributed by atoms with Crippen LogP contribution in [0.4, 0.5) is 8.78 Å². The summed E-state index contributed by atoms with van der Waals surface area (Å²) in [6, 6.07) is 12.4. The predicted octanol–water partition coefficient (Wildman–Crippen LogP) is 3.06. The third kappa shape index (κ3) is 3.56. The largest absolute Gasteiger partial charge is 0.388 e. The average molecular weight is 317 g/mol. The second kappa shape index (κ2) is 6.46. The number of rotatable bonds is 5. The number of nitrogens with one attached hydrogen (secondary N) is 1. The first-order valence-corrected chi connectivity index (χ1v) is 7.52. The highest BCUT2D eigenvalue weighted by molar-refractivity contribution is 5.77.